The predicted octanol–water partition coefficient (Wildman–Crippen LogP) is 9.30. The van der Waals surface area contributed by atoms with E-state index in [1.54, 1.807) is 30.0 Å². The number of carbonyl (C=O) groups is 2. The zero-order valence-corrected chi connectivity index (χ0v) is 21.8. The van der Waals surface area contributed by atoms with Crippen LogP contribution >= 0.6 is 11.8 Å². The molecule has 0 aromatic heterocycles. The fourth-order valence-electron chi connectivity index (χ4n) is 3.46. The summed E-state index contributed by atoms with van der Waals surface area (Å²) in [5, 5.41) is 0. The maximum absolute atomic E-state index is 13.4. The summed E-state index contributed by atoms with van der Waals surface area (Å²) in [6.45, 7) is 20.9. The van der Waals surface area contributed by atoms with Crippen molar-refractivity contribution in [1.29, 1.82) is 0 Å². The number of hydrogen-bond acceptors (Lipinski definition) is 3. The molecule has 0 amide bonds. The average molecular weight is 485 g/mol. The first-order valence-electron chi connectivity index (χ1n) is 11.3. The van der Waals surface area contributed by atoms with Crippen molar-refractivity contribution in [1.82, 2.24) is 0 Å². The first kappa shape index (κ1) is 33.5. The molecule has 0 saturated carbocycles. The molecule has 0 radical (unpaired) electrons. The lowest BCUT2D eigenvalue weighted by atomic mass is 9.73. The third-order valence-electron chi connectivity index (χ3n) is 4.75. The number of thioether (sulfide) groups is 1. The molecular weight excluding hydrogens is 443 g/mol. The van der Waals surface area contributed by atoms with Gasteiger partial charge in [-0.15, -0.1) is 0 Å². The van der Waals surface area contributed by atoms with Gasteiger partial charge >= 0.3 is 0 Å². The minimum atomic E-state index is -0.929. The van der Waals surface area contributed by atoms with E-state index in [1.807, 2.05) is 59.8 Å². The number of allylic oxidation sites excluding steroid dienone is 9. The van der Waals surface area contributed by atoms with Gasteiger partial charge in [-0.1, -0.05) is 96.5 Å². The average Bonchev–Trinajstić information content (AvgIpc) is 2.83. The summed E-state index contributed by atoms with van der Waals surface area (Å²) in [4.78, 5) is 28.0. The molecule has 1 aromatic rings. The Kier molecular flexibility index (Phi) is 17.4. The second-order valence-corrected chi connectivity index (χ2v) is 7.93. The number of ketones is 2. The van der Waals surface area contributed by atoms with E-state index in [-0.39, 0.29) is 19.0 Å². The van der Waals surface area contributed by atoms with Crippen molar-refractivity contribution in [3.8, 4) is 0 Å². The van der Waals surface area contributed by atoms with Crippen molar-refractivity contribution in [2.24, 2.45) is 11.8 Å². The first-order valence-corrected chi connectivity index (χ1v) is 12.1. The normalized spacial score (nSPS) is 16.1. The highest BCUT2D eigenvalue weighted by atomic mass is 32.2. The molecule has 4 heteroatoms. The third-order valence-corrected chi connectivity index (χ3v) is 5.91. The number of benzene rings is 1. The molecule has 34 heavy (non-hydrogen) atoms. The predicted molar refractivity (Wildman–Crippen MR) is 149 cm³/mol. The van der Waals surface area contributed by atoms with Crippen LogP contribution in [0, 0.1) is 17.7 Å². The third kappa shape index (κ3) is 8.57. The smallest absolute Gasteiger partial charge is 0.174 e. The van der Waals surface area contributed by atoms with Crippen molar-refractivity contribution in [3.63, 3.8) is 0 Å². The fourth-order valence-corrected chi connectivity index (χ4v) is 4.50. The van der Waals surface area contributed by atoms with Gasteiger partial charge in [-0.2, -0.15) is 0 Å². The summed E-state index contributed by atoms with van der Waals surface area (Å²) in [5.41, 5.74) is 2.08. The van der Waals surface area contributed by atoms with Crippen LogP contribution in [0.1, 0.15) is 66.3 Å². The van der Waals surface area contributed by atoms with Gasteiger partial charge in [0.2, 0.25) is 0 Å². The molecule has 0 fully saturated rings. The Bertz CT molecular complexity index is 947. The van der Waals surface area contributed by atoms with E-state index >= 15 is 0 Å². The molecule has 2 unspecified atom stereocenters. The van der Waals surface area contributed by atoms with Gasteiger partial charge in [0.15, 0.2) is 5.78 Å². The fraction of sp³-hybridized carbons (Fsp3) is 0.333. The summed E-state index contributed by atoms with van der Waals surface area (Å²) in [7, 11) is 0. The van der Waals surface area contributed by atoms with Crippen molar-refractivity contribution in [2.75, 3.05) is 0 Å². The number of rotatable bonds is 8. The SMILES string of the molecule is C.C=C/C=C\C1=C(C)SC(C=C)=C(/C=C\C)C1C(C(C)=O)C(=O)c1ccc(F)cc1.CC.CC. The topological polar surface area (TPSA) is 34.1 Å². The molecule has 0 spiro atoms. The summed E-state index contributed by atoms with van der Waals surface area (Å²) in [6.07, 6.45) is 10.9. The van der Waals surface area contributed by atoms with Crippen LogP contribution in [0.15, 0.2) is 94.8 Å². The van der Waals surface area contributed by atoms with E-state index in [2.05, 4.69) is 13.2 Å². The summed E-state index contributed by atoms with van der Waals surface area (Å²) < 4.78 is 13.3. The standard InChI is InChI=1S/C25H25FO2S.2C2H6.CH4/c1-6-9-11-20-17(5)29-22(8-3)21(10-7-2)24(20)23(16(4)27)25(28)18-12-14-19(26)15-13-18;2*1-2;/h6-15,23-24H,1,3H2,2,4-5H3;2*1-2H3;1H4/b10-7-,11-9-;;;. The van der Waals surface area contributed by atoms with Gasteiger partial charge in [0.25, 0.3) is 0 Å². The summed E-state index contributed by atoms with van der Waals surface area (Å²) >= 11 is 1.57. The van der Waals surface area contributed by atoms with Crippen LogP contribution in [0.25, 0.3) is 0 Å². The molecule has 0 N–H and O–H groups in total. The summed E-state index contributed by atoms with van der Waals surface area (Å²) in [6, 6.07) is 5.32. The maximum Gasteiger partial charge on any atom is 0.174 e. The van der Waals surface area contributed by atoms with E-state index in [4.69, 9.17) is 0 Å². The largest absolute Gasteiger partial charge is 0.299 e. The van der Waals surface area contributed by atoms with E-state index in [1.165, 1.54) is 31.2 Å². The Balaban J connectivity index is 0. The van der Waals surface area contributed by atoms with Crippen molar-refractivity contribution in [3.05, 3.63) is 106 Å². The van der Waals surface area contributed by atoms with Gasteiger partial charge in [0.1, 0.15) is 11.6 Å². The van der Waals surface area contributed by atoms with Crippen LogP contribution in [-0.4, -0.2) is 11.6 Å². The molecule has 2 rings (SSSR count). The van der Waals surface area contributed by atoms with Crippen LogP contribution < -0.4 is 0 Å². The van der Waals surface area contributed by atoms with E-state index < -0.39 is 17.7 Å². The Morgan fingerprint density at radius 2 is 1.59 bits per heavy atom. The molecule has 0 bridgehead atoms. The number of carbonyl (C=O) groups excluding carboxylic acids is 2. The highest BCUT2D eigenvalue weighted by molar-refractivity contribution is 8.07. The van der Waals surface area contributed by atoms with E-state index in [9.17, 15) is 14.0 Å². The first-order chi connectivity index (χ1) is 15.8. The minimum Gasteiger partial charge on any atom is -0.299 e. The van der Waals surface area contributed by atoms with Gasteiger partial charge in [-0.05, 0) is 61.1 Å². The lowest BCUT2D eigenvalue weighted by Crippen LogP contribution is -2.33. The number of halogens is 1. The van der Waals surface area contributed by atoms with Crippen LogP contribution in [-0.2, 0) is 4.79 Å². The number of hydrogen-bond donors (Lipinski definition) is 0. The Hall–Kier alpha value is -2.72. The van der Waals surface area contributed by atoms with E-state index in [0.29, 0.717) is 5.56 Å². The monoisotopic (exact) mass is 484 g/mol. The van der Waals surface area contributed by atoms with Gasteiger partial charge in [0.05, 0.1) is 5.92 Å². The Labute approximate surface area is 211 Å². The van der Waals surface area contributed by atoms with Gasteiger partial charge in [-0.3, -0.25) is 9.59 Å². The Morgan fingerprint density at radius 1 is 1.03 bits per heavy atom. The number of Topliss-reactive ketones (excluding diaryl/α,β-unsaturated/α-hetero) is 2. The molecular formula is C30H41FO2S. The lowest BCUT2D eigenvalue weighted by molar-refractivity contribution is -0.120. The summed E-state index contributed by atoms with van der Waals surface area (Å²) in [5.74, 6) is -2.38. The van der Waals surface area contributed by atoms with Gasteiger partial charge in [-0.25, -0.2) is 4.39 Å². The lowest BCUT2D eigenvalue weighted by Gasteiger charge is -2.33. The molecule has 2 nitrogen and oxygen atoms in total. The van der Waals surface area contributed by atoms with Crippen LogP contribution in [0.2, 0.25) is 0 Å². The zero-order chi connectivity index (χ0) is 25.6. The molecule has 1 aliphatic heterocycles. The second kappa shape index (κ2) is 17.7. The Morgan fingerprint density at radius 3 is 2.03 bits per heavy atom. The molecule has 1 heterocycles. The quantitative estimate of drug-likeness (QED) is 0.209. The molecule has 2 atom stereocenters. The second-order valence-electron chi connectivity index (χ2n) is 6.67. The highest BCUT2D eigenvalue weighted by Crippen LogP contribution is 2.47. The van der Waals surface area contributed by atoms with Crippen molar-refractivity contribution >= 4 is 23.3 Å². The van der Waals surface area contributed by atoms with Crippen LogP contribution in [0.5, 0.6) is 0 Å². The van der Waals surface area contributed by atoms with Crippen molar-refractivity contribution in [2.45, 2.75) is 55.9 Å². The van der Waals surface area contributed by atoms with Gasteiger partial charge in [0, 0.05) is 16.4 Å². The van der Waals surface area contributed by atoms with Gasteiger partial charge < -0.3 is 0 Å². The molecule has 0 saturated heterocycles. The van der Waals surface area contributed by atoms with Crippen LogP contribution in [0.4, 0.5) is 4.39 Å². The minimum absolute atomic E-state index is 0. The molecule has 1 aromatic carbocycles. The zero-order valence-electron chi connectivity index (χ0n) is 20.9. The molecule has 186 valence electrons. The van der Waals surface area contributed by atoms with E-state index in [0.717, 1.165) is 21.0 Å². The van der Waals surface area contributed by atoms with Crippen LogP contribution in [0.3, 0.4) is 0 Å². The molecule has 0 aliphatic carbocycles. The maximum atomic E-state index is 13.4. The molecule has 1 aliphatic rings. The highest BCUT2D eigenvalue weighted by Gasteiger charge is 2.39. The van der Waals surface area contributed by atoms with Crippen molar-refractivity contribution < 1.29 is 14.0 Å².